The van der Waals surface area contributed by atoms with E-state index >= 15 is 0 Å². The average Bonchev–Trinajstić information content (AvgIpc) is 2.28. The summed E-state index contributed by atoms with van der Waals surface area (Å²) in [6.45, 7) is 1.91. The quantitative estimate of drug-likeness (QED) is 0.810. The smallest absolute Gasteiger partial charge is 0.125 e. The highest BCUT2D eigenvalue weighted by molar-refractivity contribution is 5.39. The molecule has 1 aromatic rings. The summed E-state index contributed by atoms with van der Waals surface area (Å²) in [7, 11) is 0. The van der Waals surface area contributed by atoms with Gasteiger partial charge in [-0.2, -0.15) is 0 Å². The lowest BCUT2D eigenvalue weighted by Gasteiger charge is -2.28. The van der Waals surface area contributed by atoms with Crippen molar-refractivity contribution in [2.24, 2.45) is 0 Å². The van der Waals surface area contributed by atoms with Crippen molar-refractivity contribution in [1.82, 2.24) is 0 Å². The van der Waals surface area contributed by atoms with Crippen molar-refractivity contribution in [2.75, 3.05) is 6.61 Å². The van der Waals surface area contributed by atoms with Crippen LogP contribution in [0.25, 0.3) is 0 Å². The number of aliphatic hydroxyl groups is 2. The largest absolute Gasteiger partial charge is 0.487 e. The zero-order valence-electron chi connectivity index (χ0n) is 9.52. The third kappa shape index (κ3) is 2.36. The zero-order valence-corrected chi connectivity index (χ0v) is 9.52. The molecule has 0 aromatic heterocycles. The van der Waals surface area contributed by atoms with Gasteiger partial charge in [-0.3, -0.25) is 0 Å². The average molecular weight is 222 g/mol. The van der Waals surface area contributed by atoms with E-state index in [9.17, 15) is 5.11 Å². The van der Waals surface area contributed by atoms with E-state index in [2.05, 4.69) is 6.07 Å². The normalized spacial score (nSPS) is 21.1. The minimum absolute atomic E-state index is 0.100. The molecule has 0 spiro atoms. The SMILES string of the molecule is C[C@H](O)[C@@H]1CCc2ccc(CCO)cc2O1. The molecule has 0 saturated carbocycles. The number of fused-ring (bicyclic) bond motifs is 1. The Morgan fingerprint density at radius 1 is 1.50 bits per heavy atom. The molecule has 2 N–H and O–H groups in total. The minimum atomic E-state index is -0.436. The van der Waals surface area contributed by atoms with E-state index in [-0.39, 0.29) is 12.7 Å². The summed E-state index contributed by atoms with van der Waals surface area (Å²) in [6.07, 6.45) is 1.93. The Balaban J connectivity index is 2.18. The van der Waals surface area contributed by atoms with E-state index in [1.165, 1.54) is 5.56 Å². The molecule has 16 heavy (non-hydrogen) atoms. The molecule has 0 saturated heterocycles. The topological polar surface area (TPSA) is 49.7 Å². The third-order valence-corrected chi connectivity index (χ3v) is 3.05. The van der Waals surface area contributed by atoms with Gasteiger partial charge in [0.15, 0.2) is 0 Å². The van der Waals surface area contributed by atoms with Crippen LogP contribution in [0.1, 0.15) is 24.5 Å². The Morgan fingerprint density at radius 3 is 3.00 bits per heavy atom. The highest BCUT2D eigenvalue weighted by atomic mass is 16.5. The molecule has 0 amide bonds. The second-order valence-electron chi connectivity index (χ2n) is 4.35. The van der Waals surface area contributed by atoms with Crippen LogP contribution in [-0.2, 0) is 12.8 Å². The van der Waals surface area contributed by atoms with Crippen molar-refractivity contribution in [3.05, 3.63) is 29.3 Å². The second kappa shape index (κ2) is 4.85. The third-order valence-electron chi connectivity index (χ3n) is 3.05. The van der Waals surface area contributed by atoms with Crippen molar-refractivity contribution in [2.45, 2.75) is 38.4 Å². The summed E-state index contributed by atoms with van der Waals surface area (Å²) in [4.78, 5) is 0. The van der Waals surface area contributed by atoms with Gasteiger partial charge < -0.3 is 14.9 Å². The first-order valence-corrected chi connectivity index (χ1v) is 5.78. The molecule has 3 nitrogen and oxygen atoms in total. The van der Waals surface area contributed by atoms with Crippen molar-refractivity contribution >= 4 is 0 Å². The van der Waals surface area contributed by atoms with E-state index < -0.39 is 6.10 Å². The lowest BCUT2D eigenvalue weighted by molar-refractivity contribution is 0.0356. The summed E-state index contributed by atoms with van der Waals surface area (Å²) >= 11 is 0. The summed E-state index contributed by atoms with van der Waals surface area (Å²) in [6, 6.07) is 6.06. The Kier molecular flexibility index (Phi) is 3.46. The van der Waals surface area contributed by atoms with Crippen LogP contribution in [0.4, 0.5) is 0 Å². The van der Waals surface area contributed by atoms with Crippen molar-refractivity contribution < 1.29 is 14.9 Å². The first kappa shape index (κ1) is 11.4. The van der Waals surface area contributed by atoms with E-state index in [1.54, 1.807) is 6.92 Å². The molecule has 0 bridgehead atoms. The fourth-order valence-electron chi connectivity index (χ4n) is 2.06. The van der Waals surface area contributed by atoms with Crippen molar-refractivity contribution in [3.63, 3.8) is 0 Å². The van der Waals surface area contributed by atoms with Gasteiger partial charge in [0.05, 0.1) is 6.10 Å². The number of aliphatic hydroxyl groups excluding tert-OH is 2. The molecule has 1 aliphatic rings. The monoisotopic (exact) mass is 222 g/mol. The van der Waals surface area contributed by atoms with Crippen LogP contribution < -0.4 is 4.74 Å². The maximum atomic E-state index is 9.51. The predicted molar refractivity (Wildman–Crippen MR) is 61.6 cm³/mol. The van der Waals surface area contributed by atoms with E-state index in [0.29, 0.717) is 6.42 Å². The maximum absolute atomic E-state index is 9.51. The van der Waals surface area contributed by atoms with Gasteiger partial charge in [-0.15, -0.1) is 0 Å². The van der Waals surface area contributed by atoms with Gasteiger partial charge in [-0.25, -0.2) is 0 Å². The second-order valence-corrected chi connectivity index (χ2v) is 4.35. The number of hydrogen-bond donors (Lipinski definition) is 2. The molecule has 0 fully saturated rings. The summed E-state index contributed by atoms with van der Waals surface area (Å²) in [5.74, 6) is 0.864. The molecule has 1 aliphatic heterocycles. The van der Waals surface area contributed by atoms with E-state index in [4.69, 9.17) is 9.84 Å². The number of hydrogen-bond acceptors (Lipinski definition) is 3. The first-order chi connectivity index (χ1) is 7.70. The van der Waals surface area contributed by atoms with E-state index in [1.807, 2.05) is 12.1 Å². The Hall–Kier alpha value is -1.06. The summed E-state index contributed by atoms with van der Waals surface area (Å²) in [5, 5.41) is 18.4. The van der Waals surface area contributed by atoms with Crippen LogP contribution in [0.5, 0.6) is 5.75 Å². The predicted octanol–water partition coefficient (Wildman–Crippen LogP) is 1.30. The van der Waals surface area contributed by atoms with Crippen molar-refractivity contribution in [1.29, 1.82) is 0 Å². The number of benzene rings is 1. The summed E-state index contributed by atoms with van der Waals surface area (Å²) < 4.78 is 5.75. The number of rotatable bonds is 3. The molecule has 2 rings (SSSR count). The lowest BCUT2D eigenvalue weighted by Crippen LogP contribution is -2.32. The fourth-order valence-corrected chi connectivity index (χ4v) is 2.06. The Morgan fingerprint density at radius 2 is 2.31 bits per heavy atom. The van der Waals surface area contributed by atoms with Gasteiger partial charge in [-0.05, 0) is 43.4 Å². The van der Waals surface area contributed by atoms with Gasteiger partial charge in [0.2, 0.25) is 0 Å². The fraction of sp³-hybridized carbons (Fsp3) is 0.538. The van der Waals surface area contributed by atoms with Gasteiger partial charge in [0.25, 0.3) is 0 Å². The first-order valence-electron chi connectivity index (χ1n) is 5.78. The zero-order chi connectivity index (χ0) is 11.5. The van der Waals surface area contributed by atoms with Gasteiger partial charge in [-0.1, -0.05) is 12.1 Å². The number of aryl methyl sites for hydroxylation is 1. The van der Waals surface area contributed by atoms with Gasteiger partial charge in [0, 0.05) is 6.61 Å². The van der Waals surface area contributed by atoms with Crippen LogP contribution >= 0.6 is 0 Å². The Bertz CT molecular complexity index is 360. The molecule has 0 aliphatic carbocycles. The number of ether oxygens (including phenoxy) is 1. The highest BCUT2D eigenvalue weighted by Crippen LogP contribution is 2.29. The standard InChI is InChI=1S/C13H18O3/c1-9(15)12-5-4-11-3-2-10(6-7-14)8-13(11)16-12/h2-3,8-9,12,14-15H,4-7H2,1H3/t9-,12-/m0/s1. The van der Waals surface area contributed by atoms with Crippen LogP contribution in [0.3, 0.4) is 0 Å². The van der Waals surface area contributed by atoms with Crippen LogP contribution in [0.2, 0.25) is 0 Å². The maximum Gasteiger partial charge on any atom is 0.125 e. The molecule has 1 aromatic carbocycles. The summed E-state index contributed by atoms with van der Waals surface area (Å²) in [5.41, 5.74) is 2.27. The minimum Gasteiger partial charge on any atom is -0.487 e. The molecule has 88 valence electrons. The van der Waals surface area contributed by atoms with Crippen LogP contribution in [-0.4, -0.2) is 29.0 Å². The molecule has 1 heterocycles. The lowest BCUT2D eigenvalue weighted by atomic mass is 9.98. The molecular weight excluding hydrogens is 204 g/mol. The Labute approximate surface area is 95.7 Å². The van der Waals surface area contributed by atoms with Crippen LogP contribution in [0.15, 0.2) is 18.2 Å². The molecular formula is C13H18O3. The molecule has 3 heteroatoms. The van der Waals surface area contributed by atoms with Gasteiger partial charge in [0.1, 0.15) is 11.9 Å². The molecule has 0 unspecified atom stereocenters. The molecule has 0 radical (unpaired) electrons. The van der Waals surface area contributed by atoms with E-state index in [0.717, 1.165) is 24.2 Å². The highest BCUT2D eigenvalue weighted by Gasteiger charge is 2.23. The van der Waals surface area contributed by atoms with Gasteiger partial charge >= 0.3 is 0 Å². The van der Waals surface area contributed by atoms with Crippen molar-refractivity contribution in [3.8, 4) is 5.75 Å². The molecule has 2 atom stereocenters. The van der Waals surface area contributed by atoms with Crippen LogP contribution in [0, 0.1) is 0 Å².